The van der Waals surface area contributed by atoms with Crippen molar-refractivity contribution in [1.82, 2.24) is 4.98 Å². The van der Waals surface area contributed by atoms with Crippen molar-refractivity contribution in [3.63, 3.8) is 0 Å². The van der Waals surface area contributed by atoms with E-state index in [1.165, 1.54) is 102 Å². The number of rotatable bonds is 5. The number of nitrogens with zero attached hydrogens (tertiary/aromatic N) is 1. The molecule has 4 heteroatoms. The number of aliphatic hydroxyl groups excluding tert-OH is 1. The van der Waals surface area contributed by atoms with Gasteiger partial charge in [0.15, 0.2) is 5.78 Å². The third kappa shape index (κ3) is 9.11. The molecule has 265 valence electrons. The van der Waals surface area contributed by atoms with Gasteiger partial charge in [-0.2, -0.15) is 0 Å². The molecule has 3 nitrogen and oxygen atoms in total. The number of fused-ring (bicyclic) bond motifs is 2. The molecule has 0 amide bonds. The molecule has 6 rings (SSSR count). The van der Waals surface area contributed by atoms with Crippen molar-refractivity contribution in [2.24, 2.45) is 17.3 Å². The number of carbonyl (C=O) groups excluding carboxylic acids is 1. The summed E-state index contributed by atoms with van der Waals surface area (Å²) in [5.74, 6) is 0.786. The number of benzene rings is 3. The van der Waals surface area contributed by atoms with Crippen LogP contribution in [0.3, 0.4) is 0 Å². The summed E-state index contributed by atoms with van der Waals surface area (Å²) in [4.78, 5) is 16.3. The summed E-state index contributed by atoms with van der Waals surface area (Å²) in [5.41, 5.74) is 9.63. The van der Waals surface area contributed by atoms with Gasteiger partial charge >= 0.3 is 0 Å². The topological polar surface area (TPSA) is 50.2 Å². The summed E-state index contributed by atoms with van der Waals surface area (Å²) in [6.07, 6.45) is 14.0. The summed E-state index contributed by atoms with van der Waals surface area (Å²) in [7, 11) is 0. The van der Waals surface area contributed by atoms with Crippen LogP contribution in [0.5, 0.6) is 0 Å². The van der Waals surface area contributed by atoms with Gasteiger partial charge in [0.1, 0.15) is 0 Å². The zero-order chi connectivity index (χ0) is 34.8. The summed E-state index contributed by atoms with van der Waals surface area (Å²) < 4.78 is 0. The van der Waals surface area contributed by atoms with Gasteiger partial charge < -0.3 is 5.11 Å². The summed E-state index contributed by atoms with van der Waals surface area (Å²) >= 11 is 0. The molecule has 2 aliphatic carbocycles. The first-order chi connectivity index (χ1) is 22.7. The number of aliphatic hydroxyl groups is 1. The van der Waals surface area contributed by atoms with Crippen molar-refractivity contribution in [2.45, 2.75) is 131 Å². The van der Waals surface area contributed by atoms with Crippen LogP contribution in [-0.2, 0) is 30.3 Å². The van der Waals surface area contributed by atoms with E-state index in [1.807, 2.05) is 27.7 Å². The van der Waals surface area contributed by atoms with E-state index in [0.29, 0.717) is 11.3 Å². The third-order valence-electron chi connectivity index (χ3n) is 11.0. The molecule has 4 aromatic rings. The van der Waals surface area contributed by atoms with Crippen LogP contribution in [0.15, 0.2) is 60.4 Å². The number of allylic oxidation sites excluding steroid dienone is 2. The Morgan fingerprint density at radius 2 is 1.57 bits per heavy atom. The minimum absolute atomic E-state index is 0. The number of hydrogen-bond donors (Lipinski definition) is 1. The summed E-state index contributed by atoms with van der Waals surface area (Å²) in [5, 5.41) is 13.1. The van der Waals surface area contributed by atoms with Gasteiger partial charge in [0.2, 0.25) is 0 Å². The maximum absolute atomic E-state index is 11.0. The van der Waals surface area contributed by atoms with Crippen molar-refractivity contribution in [2.75, 3.05) is 0 Å². The molecule has 0 aliphatic heterocycles. The average molecular weight is 837 g/mol. The van der Waals surface area contributed by atoms with Gasteiger partial charge in [-0.1, -0.05) is 109 Å². The normalized spacial score (nSPS) is 16.9. The third-order valence-corrected chi connectivity index (χ3v) is 11.0. The number of hydrogen-bond acceptors (Lipinski definition) is 3. The first kappa shape index (κ1) is 39.0. The van der Waals surface area contributed by atoms with Crippen molar-refractivity contribution in [3.8, 4) is 11.3 Å². The fraction of sp³-hybridized carbons (Fsp3) is 0.511. The summed E-state index contributed by atoms with van der Waals surface area (Å²) in [6.45, 7) is 18.7. The largest absolute Gasteiger partial charge is 0.512 e. The number of ketones is 1. The molecular weight excluding hydrogens is 779 g/mol. The number of pyridine rings is 1. The van der Waals surface area contributed by atoms with Crippen molar-refractivity contribution in [1.29, 1.82) is 0 Å². The van der Waals surface area contributed by atoms with E-state index in [0.717, 1.165) is 16.8 Å². The van der Waals surface area contributed by atoms with E-state index in [9.17, 15) is 9.90 Å². The number of aromatic nitrogens is 1. The molecule has 0 atom stereocenters. The summed E-state index contributed by atoms with van der Waals surface area (Å²) in [6, 6.07) is 21.9. The maximum atomic E-state index is 11.0. The molecule has 1 N–H and O–H groups in total. The first-order valence-electron chi connectivity index (χ1n) is 18.5. The number of aryl methyl sites for hydroxylation is 2. The first-order valence-corrected chi connectivity index (χ1v) is 18.5. The van der Waals surface area contributed by atoms with Gasteiger partial charge in [-0.3, -0.25) is 9.78 Å². The minimum atomic E-state index is -0.0316. The second-order valence-electron chi connectivity index (χ2n) is 16.6. The van der Waals surface area contributed by atoms with Crippen molar-refractivity contribution >= 4 is 27.5 Å². The van der Waals surface area contributed by atoms with Crippen LogP contribution in [0.2, 0.25) is 0 Å². The molecule has 2 saturated carbocycles. The fourth-order valence-corrected chi connectivity index (χ4v) is 8.06. The van der Waals surface area contributed by atoms with E-state index >= 15 is 0 Å². The molecule has 1 spiro atoms. The smallest absolute Gasteiger partial charge is 0.161 e. The molecule has 1 aromatic heterocycles. The fourth-order valence-electron chi connectivity index (χ4n) is 8.06. The minimum Gasteiger partial charge on any atom is -0.512 e. The number of carbonyl (C=O) groups is 1. The van der Waals surface area contributed by atoms with E-state index in [-0.39, 0.29) is 48.9 Å². The van der Waals surface area contributed by atoms with Gasteiger partial charge in [0, 0.05) is 49.1 Å². The van der Waals surface area contributed by atoms with Gasteiger partial charge in [0.25, 0.3) is 0 Å². The van der Waals surface area contributed by atoms with Gasteiger partial charge in [0.05, 0.1) is 11.3 Å². The van der Waals surface area contributed by atoms with E-state index in [2.05, 4.69) is 89.2 Å². The van der Waals surface area contributed by atoms with Crippen LogP contribution < -0.4 is 0 Å². The van der Waals surface area contributed by atoms with Gasteiger partial charge in [-0.25, -0.2) is 0 Å². The Morgan fingerprint density at radius 3 is 2.18 bits per heavy atom. The van der Waals surface area contributed by atoms with E-state index in [1.54, 1.807) is 0 Å². The molecule has 2 aliphatic rings. The molecule has 49 heavy (non-hydrogen) atoms. The monoisotopic (exact) mass is 837 g/mol. The Hall–Kier alpha value is -2.81. The van der Waals surface area contributed by atoms with Gasteiger partial charge in [-0.15, -0.1) is 29.1 Å². The molecule has 0 unspecified atom stereocenters. The average Bonchev–Trinajstić information content (AvgIpc) is 3.04. The Balaban J connectivity index is 0.000000391. The molecule has 0 bridgehead atoms. The quantitative estimate of drug-likeness (QED) is 0.124. The van der Waals surface area contributed by atoms with E-state index < -0.39 is 0 Å². The molecule has 1 radical (unpaired) electrons. The van der Waals surface area contributed by atoms with Crippen LogP contribution in [-0.4, -0.2) is 15.9 Å². The molecule has 3 aromatic carbocycles. The second kappa shape index (κ2) is 16.0. The van der Waals surface area contributed by atoms with Crippen LogP contribution in [0.25, 0.3) is 32.9 Å². The Kier molecular flexibility index (Phi) is 12.8. The Labute approximate surface area is 309 Å². The van der Waals surface area contributed by atoms with Crippen LogP contribution in [0.1, 0.15) is 134 Å². The SMILES string of the molecule is CC(C)C(=O)/C=C(\O)C(C)C.Cc1cc(C)c2c(C3CCC4(CCCCC4)CC3)cc(-c3[c-]c4ccccc4c(C(C)(C)C)c3)nc2c1.[Ir]. The molecule has 1 heterocycles. The van der Waals surface area contributed by atoms with Crippen LogP contribution in [0.4, 0.5) is 0 Å². The molecule has 0 saturated heterocycles. The Bertz CT molecular complexity index is 1790. The van der Waals surface area contributed by atoms with Crippen molar-refractivity contribution in [3.05, 3.63) is 88.7 Å². The zero-order valence-corrected chi connectivity index (χ0v) is 33.8. The predicted molar refractivity (Wildman–Crippen MR) is 204 cm³/mol. The Morgan fingerprint density at radius 1 is 0.918 bits per heavy atom. The molecular formula is C45H58IrNO2-. The van der Waals surface area contributed by atoms with E-state index in [4.69, 9.17) is 4.98 Å². The van der Waals surface area contributed by atoms with Gasteiger partial charge in [-0.05, 0) is 91.9 Å². The standard InChI is InChI=1S/C36H42N.C9H16O2.Ir/c1-24-19-25(2)34-30(26-13-17-36(18-14-26)15-9-6-10-16-36)23-32(37-33(34)20-24)28-21-27-11-7-8-12-29(27)31(22-28)35(3,4)5;1-6(2)8(10)5-9(11)7(3)4;/h7-8,11-12,19-20,22-23,26H,6,9-10,13-18H2,1-5H3;5-7,10H,1-4H3;/q-1;;/b;8-5-;. The second-order valence-corrected chi connectivity index (χ2v) is 16.6. The van der Waals surface area contributed by atoms with Crippen LogP contribution >= 0.6 is 0 Å². The zero-order valence-electron chi connectivity index (χ0n) is 31.4. The van der Waals surface area contributed by atoms with Crippen molar-refractivity contribution < 1.29 is 30.0 Å². The molecule has 2 fully saturated rings. The van der Waals surface area contributed by atoms with Crippen LogP contribution in [0, 0.1) is 37.2 Å². The predicted octanol–water partition coefficient (Wildman–Crippen LogP) is 12.7. The maximum Gasteiger partial charge on any atom is 0.161 e.